The summed E-state index contributed by atoms with van der Waals surface area (Å²) >= 11 is 0. The predicted molar refractivity (Wildman–Crippen MR) is 87.1 cm³/mol. The monoisotopic (exact) mass is 322 g/mol. The van der Waals surface area contributed by atoms with Gasteiger partial charge >= 0.3 is 0 Å². The van der Waals surface area contributed by atoms with Crippen LogP contribution >= 0.6 is 0 Å². The Balaban J connectivity index is 2.03. The summed E-state index contributed by atoms with van der Waals surface area (Å²) in [6.07, 6.45) is 0. The molecule has 0 unspecified atom stereocenters. The summed E-state index contributed by atoms with van der Waals surface area (Å²) in [5.41, 5.74) is 2.93. The van der Waals surface area contributed by atoms with Crippen LogP contribution in [0.15, 0.2) is 33.7 Å². The maximum Gasteiger partial charge on any atom is 0.178 e. The van der Waals surface area contributed by atoms with E-state index in [4.69, 9.17) is 4.52 Å². The minimum Gasteiger partial charge on any atom is -0.384 e. The first-order chi connectivity index (χ1) is 10.3. The van der Waals surface area contributed by atoms with Crippen LogP contribution < -0.4 is 5.32 Å². The van der Waals surface area contributed by atoms with Gasteiger partial charge in [-0.1, -0.05) is 19.0 Å². The number of rotatable bonds is 6. The SMILES string of the molecule is CCS(=O)(=O)c1ccc(NC[C@@H](C)c2c(C)noc2C)cc1. The minimum atomic E-state index is -3.14. The van der Waals surface area contributed by atoms with Gasteiger partial charge in [-0.15, -0.1) is 0 Å². The number of aromatic nitrogens is 1. The van der Waals surface area contributed by atoms with E-state index in [1.54, 1.807) is 31.2 Å². The number of nitrogens with one attached hydrogen (secondary N) is 1. The van der Waals surface area contributed by atoms with E-state index in [0.29, 0.717) is 4.90 Å². The molecule has 5 nitrogen and oxygen atoms in total. The molecule has 0 amide bonds. The van der Waals surface area contributed by atoms with Crippen LogP contribution in [0.25, 0.3) is 0 Å². The molecular formula is C16H22N2O3S. The molecule has 2 rings (SSSR count). The van der Waals surface area contributed by atoms with E-state index in [9.17, 15) is 8.42 Å². The van der Waals surface area contributed by atoms with Crippen LogP contribution in [0.5, 0.6) is 0 Å². The number of anilines is 1. The Kier molecular flexibility index (Phi) is 4.90. The molecule has 0 aliphatic rings. The Bertz CT molecular complexity index is 714. The summed E-state index contributed by atoms with van der Waals surface area (Å²) in [6.45, 7) is 8.33. The molecule has 1 atom stereocenters. The van der Waals surface area contributed by atoms with Crippen molar-refractivity contribution in [1.29, 1.82) is 0 Å². The van der Waals surface area contributed by atoms with Gasteiger partial charge in [-0.3, -0.25) is 0 Å². The van der Waals surface area contributed by atoms with E-state index in [2.05, 4.69) is 17.4 Å². The number of hydrogen-bond donors (Lipinski definition) is 1. The van der Waals surface area contributed by atoms with Crippen LogP contribution in [-0.4, -0.2) is 25.9 Å². The second-order valence-electron chi connectivity index (χ2n) is 5.45. The van der Waals surface area contributed by atoms with Crippen molar-refractivity contribution in [2.75, 3.05) is 17.6 Å². The lowest BCUT2D eigenvalue weighted by molar-refractivity contribution is 0.391. The van der Waals surface area contributed by atoms with Crippen LogP contribution in [0, 0.1) is 13.8 Å². The maximum atomic E-state index is 11.8. The molecule has 0 spiro atoms. The molecule has 0 saturated heterocycles. The summed E-state index contributed by atoms with van der Waals surface area (Å²) in [5.74, 6) is 1.21. The molecule has 0 saturated carbocycles. The normalized spacial score (nSPS) is 13.1. The van der Waals surface area contributed by atoms with E-state index in [1.807, 2.05) is 13.8 Å². The third-order valence-electron chi connectivity index (χ3n) is 3.79. The lowest BCUT2D eigenvalue weighted by atomic mass is 9.99. The van der Waals surface area contributed by atoms with Crippen LogP contribution in [0.1, 0.15) is 36.8 Å². The Hall–Kier alpha value is -1.82. The van der Waals surface area contributed by atoms with Gasteiger partial charge in [-0.25, -0.2) is 8.42 Å². The molecule has 0 bridgehead atoms. The molecule has 0 aliphatic heterocycles. The van der Waals surface area contributed by atoms with Crippen molar-refractivity contribution in [3.63, 3.8) is 0 Å². The minimum absolute atomic E-state index is 0.114. The van der Waals surface area contributed by atoms with Gasteiger partial charge in [0.1, 0.15) is 5.76 Å². The highest BCUT2D eigenvalue weighted by Crippen LogP contribution is 2.24. The first kappa shape index (κ1) is 16.5. The summed E-state index contributed by atoms with van der Waals surface area (Å²) < 4.78 is 28.7. The van der Waals surface area contributed by atoms with Gasteiger partial charge in [0.15, 0.2) is 9.84 Å². The molecule has 120 valence electrons. The highest BCUT2D eigenvalue weighted by molar-refractivity contribution is 7.91. The van der Waals surface area contributed by atoms with Crippen LogP contribution in [-0.2, 0) is 9.84 Å². The van der Waals surface area contributed by atoms with Gasteiger partial charge < -0.3 is 9.84 Å². The number of benzene rings is 1. The number of aryl methyl sites for hydroxylation is 2. The summed E-state index contributed by atoms with van der Waals surface area (Å²) in [5, 5.41) is 7.29. The fourth-order valence-corrected chi connectivity index (χ4v) is 3.40. The zero-order valence-electron chi connectivity index (χ0n) is 13.4. The molecule has 1 heterocycles. The largest absolute Gasteiger partial charge is 0.384 e. The maximum absolute atomic E-state index is 11.8. The summed E-state index contributed by atoms with van der Waals surface area (Å²) in [4.78, 5) is 0.360. The number of hydrogen-bond acceptors (Lipinski definition) is 5. The third kappa shape index (κ3) is 3.50. The van der Waals surface area contributed by atoms with Crippen molar-refractivity contribution >= 4 is 15.5 Å². The second kappa shape index (κ2) is 6.52. The Morgan fingerprint density at radius 1 is 1.23 bits per heavy atom. The average molecular weight is 322 g/mol. The molecule has 0 aliphatic carbocycles. The number of nitrogens with zero attached hydrogens (tertiary/aromatic N) is 1. The van der Waals surface area contributed by atoms with Crippen molar-refractivity contribution < 1.29 is 12.9 Å². The Morgan fingerprint density at radius 3 is 2.36 bits per heavy atom. The first-order valence-electron chi connectivity index (χ1n) is 7.34. The van der Waals surface area contributed by atoms with Crippen LogP contribution in [0.2, 0.25) is 0 Å². The second-order valence-corrected chi connectivity index (χ2v) is 7.73. The first-order valence-corrected chi connectivity index (χ1v) is 9.00. The van der Waals surface area contributed by atoms with Gasteiger partial charge in [0, 0.05) is 23.7 Å². The lowest BCUT2D eigenvalue weighted by Crippen LogP contribution is -2.11. The van der Waals surface area contributed by atoms with Crippen LogP contribution in [0.4, 0.5) is 5.69 Å². The van der Waals surface area contributed by atoms with Gasteiger partial charge in [0.2, 0.25) is 0 Å². The quantitative estimate of drug-likeness (QED) is 0.883. The smallest absolute Gasteiger partial charge is 0.178 e. The van der Waals surface area contributed by atoms with Crippen molar-refractivity contribution in [2.24, 2.45) is 0 Å². The van der Waals surface area contributed by atoms with Gasteiger partial charge in [-0.05, 0) is 38.1 Å². The molecule has 1 N–H and O–H groups in total. The molecule has 1 aromatic heterocycles. The topological polar surface area (TPSA) is 72.2 Å². The van der Waals surface area contributed by atoms with Gasteiger partial charge in [0.25, 0.3) is 0 Å². The molecule has 0 fully saturated rings. The van der Waals surface area contributed by atoms with E-state index >= 15 is 0 Å². The summed E-state index contributed by atoms with van der Waals surface area (Å²) in [6, 6.07) is 6.87. The van der Waals surface area contributed by atoms with E-state index < -0.39 is 9.84 Å². The van der Waals surface area contributed by atoms with Crippen molar-refractivity contribution in [1.82, 2.24) is 5.16 Å². The average Bonchev–Trinajstić information content (AvgIpc) is 2.84. The highest BCUT2D eigenvalue weighted by atomic mass is 32.2. The highest BCUT2D eigenvalue weighted by Gasteiger charge is 2.16. The third-order valence-corrected chi connectivity index (χ3v) is 5.54. The van der Waals surface area contributed by atoms with E-state index in [-0.39, 0.29) is 11.7 Å². The lowest BCUT2D eigenvalue weighted by Gasteiger charge is -2.14. The van der Waals surface area contributed by atoms with Crippen LogP contribution in [0.3, 0.4) is 0 Å². The van der Waals surface area contributed by atoms with Gasteiger partial charge in [0.05, 0.1) is 16.3 Å². The molecular weight excluding hydrogens is 300 g/mol. The zero-order valence-corrected chi connectivity index (χ0v) is 14.2. The predicted octanol–water partition coefficient (Wildman–Crippen LogP) is 3.30. The van der Waals surface area contributed by atoms with Crippen molar-refractivity contribution in [3.8, 4) is 0 Å². The van der Waals surface area contributed by atoms with E-state index in [0.717, 1.165) is 29.2 Å². The molecule has 6 heteroatoms. The van der Waals surface area contributed by atoms with E-state index in [1.165, 1.54) is 0 Å². The fraction of sp³-hybridized carbons (Fsp3) is 0.438. The Labute approximate surface area is 131 Å². The number of sulfone groups is 1. The zero-order chi connectivity index (χ0) is 16.3. The summed E-state index contributed by atoms with van der Waals surface area (Å²) in [7, 11) is -3.14. The standard InChI is InChI=1S/C16H22N2O3S/c1-5-22(19,20)15-8-6-14(7-9-15)17-10-11(2)16-12(3)18-21-13(16)4/h6-9,11,17H,5,10H2,1-4H3/t11-/m1/s1. The van der Waals surface area contributed by atoms with Gasteiger partial charge in [-0.2, -0.15) is 0 Å². The molecule has 2 aromatic rings. The molecule has 0 radical (unpaired) electrons. The fourth-order valence-electron chi connectivity index (χ4n) is 2.51. The molecule has 22 heavy (non-hydrogen) atoms. The van der Waals surface area contributed by atoms with Crippen molar-refractivity contribution in [3.05, 3.63) is 41.3 Å². The van der Waals surface area contributed by atoms with Crippen molar-refractivity contribution in [2.45, 2.75) is 38.5 Å². The Morgan fingerprint density at radius 2 is 1.86 bits per heavy atom. The molecule has 1 aromatic carbocycles.